The van der Waals surface area contributed by atoms with Crippen LogP contribution in [0.15, 0.2) is 22.8 Å². The number of hydrogen-bond acceptors (Lipinski definition) is 3. The number of allylic oxidation sites excluding steroid dienone is 2. The van der Waals surface area contributed by atoms with Gasteiger partial charge in [0.1, 0.15) is 0 Å². The van der Waals surface area contributed by atoms with E-state index in [1.165, 1.54) is 0 Å². The maximum absolute atomic E-state index is 11.8. The summed E-state index contributed by atoms with van der Waals surface area (Å²) in [7, 11) is 0. The second-order valence-corrected chi connectivity index (χ2v) is 7.08. The molecule has 1 aromatic rings. The predicted molar refractivity (Wildman–Crippen MR) is 87.2 cm³/mol. The average Bonchev–Trinajstić information content (AvgIpc) is 3.03. The van der Waals surface area contributed by atoms with Gasteiger partial charge in [0.2, 0.25) is 0 Å². The van der Waals surface area contributed by atoms with E-state index in [2.05, 4.69) is 0 Å². The summed E-state index contributed by atoms with van der Waals surface area (Å²) in [5.74, 6) is -2.31. The molecular formula is C17H20O4S. The van der Waals surface area contributed by atoms with Crippen LogP contribution in [0.5, 0.6) is 0 Å². The monoisotopic (exact) mass is 320 g/mol. The molecule has 0 saturated heterocycles. The van der Waals surface area contributed by atoms with Crippen LogP contribution in [-0.2, 0) is 9.59 Å². The molecule has 5 heteroatoms. The first-order valence-corrected chi connectivity index (χ1v) is 8.11. The highest BCUT2D eigenvalue weighted by atomic mass is 32.1. The maximum Gasteiger partial charge on any atom is 0.336 e. The zero-order valence-electron chi connectivity index (χ0n) is 13.0. The van der Waals surface area contributed by atoms with E-state index in [9.17, 15) is 19.8 Å². The second-order valence-electron chi connectivity index (χ2n) is 5.62. The van der Waals surface area contributed by atoms with Gasteiger partial charge < -0.3 is 10.2 Å². The van der Waals surface area contributed by atoms with Gasteiger partial charge in [-0.25, -0.2) is 9.59 Å². The van der Waals surface area contributed by atoms with Crippen molar-refractivity contribution in [3.63, 3.8) is 0 Å². The molecule has 0 aliphatic heterocycles. The van der Waals surface area contributed by atoms with Gasteiger partial charge in [0.25, 0.3) is 0 Å². The van der Waals surface area contributed by atoms with Gasteiger partial charge in [0.15, 0.2) is 0 Å². The molecule has 0 aromatic carbocycles. The molecule has 0 bridgehead atoms. The zero-order valence-corrected chi connectivity index (χ0v) is 13.8. The molecule has 2 rings (SSSR count). The minimum atomic E-state index is -1.17. The summed E-state index contributed by atoms with van der Waals surface area (Å²) in [6.45, 7) is 5.60. The van der Waals surface area contributed by atoms with Gasteiger partial charge in [0, 0.05) is 9.75 Å². The fourth-order valence-electron chi connectivity index (χ4n) is 3.08. The predicted octanol–water partition coefficient (Wildman–Crippen LogP) is 4.18. The molecule has 0 amide bonds. The van der Waals surface area contributed by atoms with Crippen LogP contribution < -0.4 is 0 Å². The fourth-order valence-corrected chi connectivity index (χ4v) is 4.06. The smallest absolute Gasteiger partial charge is 0.336 e. The fraction of sp³-hybridized carbons (Fsp3) is 0.412. The molecule has 1 saturated carbocycles. The molecule has 1 heterocycles. The first-order chi connectivity index (χ1) is 10.3. The zero-order chi connectivity index (χ0) is 16.4. The molecule has 0 spiro atoms. The van der Waals surface area contributed by atoms with Gasteiger partial charge in [-0.3, -0.25) is 0 Å². The molecule has 1 aliphatic carbocycles. The number of aliphatic carboxylic acids is 2. The largest absolute Gasteiger partial charge is 0.478 e. The van der Waals surface area contributed by atoms with Crippen LogP contribution in [0.2, 0.25) is 0 Å². The Morgan fingerprint density at radius 2 is 1.68 bits per heavy atom. The lowest BCUT2D eigenvalue weighted by Crippen LogP contribution is -2.15. The van der Waals surface area contributed by atoms with Crippen molar-refractivity contribution >= 4 is 28.8 Å². The summed E-state index contributed by atoms with van der Waals surface area (Å²) in [6.07, 6.45) is 3.20. The Hall–Kier alpha value is -1.88. The van der Waals surface area contributed by atoms with Crippen LogP contribution in [0.25, 0.3) is 5.57 Å². The number of carboxylic acid groups (broad SMARTS) is 2. The summed E-state index contributed by atoms with van der Waals surface area (Å²) in [4.78, 5) is 25.6. The number of thiophene rings is 1. The summed E-state index contributed by atoms with van der Waals surface area (Å²) in [6, 6.07) is 1.93. The maximum atomic E-state index is 11.8. The Bertz CT molecular complexity index is 684. The molecule has 1 fully saturated rings. The lowest BCUT2D eigenvalue weighted by atomic mass is 9.92. The lowest BCUT2D eigenvalue weighted by molar-refractivity contribution is -0.136. The van der Waals surface area contributed by atoms with E-state index in [1.807, 2.05) is 19.9 Å². The quantitative estimate of drug-likeness (QED) is 0.816. The first kappa shape index (κ1) is 16.5. The van der Waals surface area contributed by atoms with Crippen LogP contribution in [-0.4, -0.2) is 22.2 Å². The van der Waals surface area contributed by atoms with Crippen molar-refractivity contribution in [2.75, 3.05) is 0 Å². The standard InChI is InChI=1S/C17H20O4S/c1-9-8-13(11(3)22-9)10(2)14(16(18)19)15(17(20)21)12-6-4-5-7-12/h8H,4-7H2,1-3H3,(H,18,19)(H,20,21)/b14-10+. The molecule has 0 atom stereocenters. The molecule has 0 radical (unpaired) electrons. The van der Waals surface area contributed by atoms with E-state index in [1.54, 1.807) is 18.3 Å². The molecule has 1 aliphatic rings. The van der Waals surface area contributed by atoms with E-state index in [4.69, 9.17) is 0 Å². The molecular weight excluding hydrogens is 300 g/mol. The minimum Gasteiger partial charge on any atom is -0.478 e. The van der Waals surface area contributed by atoms with Crippen molar-refractivity contribution in [3.8, 4) is 0 Å². The van der Waals surface area contributed by atoms with Gasteiger partial charge in [-0.05, 0) is 63.7 Å². The van der Waals surface area contributed by atoms with Crippen molar-refractivity contribution in [1.82, 2.24) is 0 Å². The van der Waals surface area contributed by atoms with Crippen molar-refractivity contribution in [1.29, 1.82) is 0 Å². The highest BCUT2D eigenvalue weighted by Crippen LogP contribution is 2.35. The summed E-state index contributed by atoms with van der Waals surface area (Å²) >= 11 is 1.59. The normalized spacial score (nSPS) is 15.7. The third kappa shape index (κ3) is 3.14. The topological polar surface area (TPSA) is 74.6 Å². The Balaban J connectivity index is 2.70. The third-order valence-electron chi connectivity index (χ3n) is 4.06. The minimum absolute atomic E-state index is 0.00856. The number of rotatable bonds is 4. The van der Waals surface area contributed by atoms with Gasteiger partial charge in [-0.15, -0.1) is 11.3 Å². The lowest BCUT2D eigenvalue weighted by Gasteiger charge is -2.12. The number of hydrogen-bond donors (Lipinski definition) is 2. The summed E-state index contributed by atoms with van der Waals surface area (Å²) in [5, 5.41) is 19.2. The van der Waals surface area contributed by atoms with E-state index in [-0.39, 0.29) is 11.1 Å². The molecule has 4 nitrogen and oxygen atoms in total. The van der Waals surface area contributed by atoms with E-state index in [0.717, 1.165) is 33.7 Å². The number of carboxylic acids is 2. The molecule has 1 aromatic heterocycles. The van der Waals surface area contributed by atoms with E-state index >= 15 is 0 Å². The molecule has 2 N–H and O–H groups in total. The second kappa shape index (κ2) is 6.48. The average molecular weight is 320 g/mol. The van der Waals surface area contributed by atoms with Gasteiger partial charge in [-0.1, -0.05) is 5.57 Å². The Morgan fingerprint density at radius 1 is 1.09 bits per heavy atom. The number of aryl methyl sites for hydroxylation is 2. The van der Waals surface area contributed by atoms with Gasteiger partial charge in [-0.2, -0.15) is 0 Å². The third-order valence-corrected chi connectivity index (χ3v) is 5.02. The van der Waals surface area contributed by atoms with Crippen LogP contribution >= 0.6 is 11.3 Å². The van der Waals surface area contributed by atoms with Crippen molar-refractivity contribution in [2.45, 2.75) is 46.5 Å². The van der Waals surface area contributed by atoms with Gasteiger partial charge >= 0.3 is 11.9 Å². The van der Waals surface area contributed by atoms with E-state index in [0.29, 0.717) is 18.4 Å². The van der Waals surface area contributed by atoms with Crippen LogP contribution in [0.3, 0.4) is 0 Å². The summed E-state index contributed by atoms with van der Waals surface area (Å²) in [5.41, 5.74) is 2.05. The first-order valence-electron chi connectivity index (χ1n) is 7.30. The molecule has 118 valence electrons. The molecule has 0 unspecified atom stereocenters. The van der Waals surface area contributed by atoms with Crippen LogP contribution in [0, 0.1) is 13.8 Å². The highest BCUT2D eigenvalue weighted by Gasteiger charge is 2.28. The SMILES string of the molecule is C/C(=C(\C(=O)O)C(C(=O)O)=C1CCCC1)c1cc(C)sc1C. The summed E-state index contributed by atoms with van der Waals surface area (Å²) < 4.78 is 0. The van der Waals surface area contributed by atoms with Crippen molar-refractivity contribution in [2.24, 2.45) is 0 Å². The number of carbonyl (C=O) groups is 2. The highest BCUT2D eigenvalue weighted by molar-refractivity contribution is 7.12. The Kier molecular flexibility index (Phi) is 4.86. The van der Waals surface area contributed by atoms with Crippen LogP contribution in [0.4, 0.5) is 0 Å². The molecule has 22 heavy (non-hydrogen) atoms. The van der Waals surface area contributed by atoms with Crippen molar-refractivity contribution in [3.05, 3.63) is 38.1 Å². The Morgan fingerprint density at radius 3 is 2.09 bits per heavy atom. The van der Waals surface area contributed by atoms with Crippen LogP contribution in [0.1, 0.15) is 47.9 Å². The van der Waals surface area contributed by atoms with E-state index < -0.39 is 11.9 Å². The van der Waals surface area contributed by atoms with Crippen molar-refractivity contribution < 1.29 is 19.8 Å². The van der Waals surface area contributed by atoms with Gasteiger partial charge in [0.05, 0.1) is 11.1 Å². The Labute approximate surface area is 133 Å².